The zero-order valence-corrected chi connectivity index (χ0v) is 12.5. The van der Waals surface area contributed by atoms with E-state index >= 15 is 0 Å². The number of para-hydroxylation sites is 1. The van der Waals surface area contributed by atoms with Gasteiger partial charge < -0.3 is 5.32 Å². The van der Waals surface area contributed by atoms with Crippen LogP contribution in [0.4, 0.5) is 5.69 Å². The summed E-state index contributed by atoms with van der Waals surface area (Å²) in [6, 6.07) is 7.13. The van der Waals surface area contributed by atoms with Crippen molar-refractivity contribution < 1.29 is 8.42 Å². The van der Waals surface area contributed by atoms with E-state index in [1.807, 2.05) is 12.1 Å². The van der Waals surface area contributed by atoms with Crippen molar-refractivity contribution in [3.8, 4) is 0 Å². The van der Waals surface area contributed by atoms with E-state index in [0.29, 0.717) is 10.6 Å². The monoisotopic (exact) mass is 269 g/mol. The van der Waals surface area contributed by atoms with Gasteiger partial charge in [0, 0.05) is 5.54 Å². The Balaban J connectivity index is 3.11. The second-order valence-electron chi connectivity index (χ2n) is 5.16. The number of hydrogen-bond donors (Lipinski definition) is 1. The second-order valence-corrected chi connectivity index (χ2v) is 7.41. The molecule has 0 heterocycles. The van der Waals surface area contributed by atoms with Crippen molar-refractivity contribution in [2.75, 3.05) is 11.1 Å². The molecule has 0 amide bonds. The molecule has 1 aromatic rings. The zero-order valence-electron chi connectivity index (χ0n) is 11.7. The summed E-state index contributed by atoms with van der Waals surface area (Å²) >= 11 is 0. The molecule has 3 nitrogen and oxygen atoms in total. The van der Waals surface area contributed by atoms with Crippen LogP contribution in [-0.2, 0) is 9.84 Å². The SMILES string of the molecule is CCCC(C)(C)Nc1ccccc1S(=O)(=O)CC. The predicted molar refractivity (Wildman–Crippen MR) is 76.8 cm³/mol. The number of anilines is 1. The molecule has 0 aromatic heterocycles. The third kappa shape index (κ3) is 3.73. The minimum atomic E-state index is -3.18. The third-order valence-corrected chi connectivity index (χ3v) is 4.74. The van der Waals surface area contributed by atoms with Gasteiger partial charge in [-0.1, -0.05) is 32.4 Å². The van der Waals surface area contributed by atoms with E-state index in [-0.39, 0.29) is 11.3 Å². The number of sulfone groups is 1. The van der Waals surface area contributed by atoms with Crippen LogP contribution in [-0.4, -0.2) is 19.7 Å². The first-order valence-corrected chi connectivity index (χ1v) is 8.07. The molecule has 4 heteroatoms. The Bertz CT molecular complexity index is 492. The number of benzene rings is 1. The highest BCUT2D eigenvalue weighted by atomic mass is 32.2. The molecular weight excluding hydrogens is 246 g/mol. The molecular formula is C14H23NO2S. The van der Waals surface area contributed by atoms with E-state index in [9.17, 15) is 8.42 Å². The smallest absolute Gasteiger partial charge is 0.180 e. The van der Waals surface area contributed by atoms with Gasteiger partial charge in [0.25, 0.3) is 0 Å². The first kappa shape index (κ1) is 15.0. The average molecular weight is 269 g/mol. The molecule has 1 N–H and O–H groups in total. The molecule has 0 saturated heterocycles. The Labute approximate surface area is 111 Å². The van der Waals surface area contributed by atoms with Gasteiger partial charge in [-0.3, -0.25) is 0 Å². The fourth-order valence-electron chi connectivity index (χ4n) is 2.05. The van der Waals surface area contributed by atoms with E-state index in [2.05, 4.69) is 26.1 Å². The summed E-state index contributed by atoms with van der Waals surface area (Å²) in [5.74, 6) is 0.125. The lowest BCUT2D eigenvalue weighted by molar-refractivity contribution is 0.509. The Kier molecular flexibility index (Phi) is 4.79. The highest BCUT2D eigenvalue weighted by molar-refractivity contribution is 7.91. The topological polar surface area (TPSA) is 46.2 Å². The predicted octanol–water partition coefficient (Wildman–Crippen LogP) is 3.47. The Morgan fingerprint density at radius 2 is 1.78 bits per heavy atom. The van der Waals surface area contributed by atoms with Crippen LogP contribution in [0.15, 0.2) is 29.2 Å². The number of rotatable bonds is 6. The summed E-state index contributed by atoms with van der Waals surface area (Å²) in [7, 11) is -3.18. The van der Waals surface area contributed by atoms with Gasteiger partial charge in [-0.25, -0.2) is 8.42 Å². The van der Waals surface area contributed by atoms with Gasteiger partial charge in [-0.15, -0.1) is 0 Å². The van der Waals surface area contributed by atoms with Gasteiger partial charge in [0.15, 0.2) is 9.84 Å². The molecule has 1 aromatic carbocycles. The van der Waals surface area contributed by atoms with Crippen molar-refractivity contribution in [1.29, 1.82) is 0 Å². The van der Waals surface area contributed by atoms with E-state index in [4.69, 9.17) is 0 Å². The molecule has 0 radical (unpaired) electrons. The number of nitrogens with one attached hydrogen (secondary N) is 1. The molecule has 0 aliphatic rings. The summed E-state index contributed by atoms with van der Waals surface area (Å²) in [5, 5.41) is 3.35. The molecule has 0 aliphatic carbocycles. The van der Waals surface area contributed by atoms with Crippen LogP contribution >= 0.6 is 0 Å². The highest BCUT2D eigenvalue weighted by Crippen LogP contribution is 2.26. The van der Waals surface area contributed by atoms with Crippen molar-refractivity contribution in [2.45, 2.75) is 51.0 Å². The van der Waals surface area contributed by atoms with Crippen LogP contribution < -0.4 is 5.32 Å². The van der Waals surface area contributed by atoms with E-state index < -0.39 is 9.84 Å². The van der Waals surface area contributed by atoms with Gasteiger partial charge in [0.1, 0.15) is 0 Å². The average Bonchev–Trinajstić information content (AvgIpc) is 2.28. The lowest BCUT2D eigenvalue weighted by atomic mass is 9.98. The highest BCUT2D eigenvalue weighted by Gasteiger charge is 2.21. The van der Waals surface area contributed by atoms with Gasteiger partial charge in [-0.05, 0) is 32.4 Å². The summed E-state index contributed by atoms with van der Waals surface area (Å²) < 4.78 is 24.1. The van der Waals surface area contributed by atoms with Crippen LogP contribution in [0.25, 0.3) is 0 Å². The van der Waals surface area contributed by atoms with Gasteiger partial charge in [0.05, 0.1) is 16.3 Å². The molecule has 0 atom stereocenters. The molecule has 0 unspecified atom stereocenters. The second kappa shape index (κ2) is 5.74. The largest absolute Gasteiger partial charge is 0.379 e. The maximum absolute atomic E-state index is 12.0. The van der Waals surface area contributed by atoms with Crippen molar-refractivity contribution in [3.63, 3.8) is 0 Å². The lowest BCUT2D eigenvalue weighted by Gasteiger charge is -2.28. The summed E-state index contributed by atoms with van der Waals surface area (Å²) in [6.45, 7) is 7.97. The molecule has 1 rings (SSSR count). The van der Waals surface area contributed by atoms with Gasteiger partial charge >= 0.3 is 0 Å². The lowest BCUT2D eigenvalue weighted by Crippen LogP contribution is -2.31. The van der Waals surface area contributed by atoms with E-state index in [1.165, 1.54) is 0 Å². The van der Waals surface area contributed by atoms with Crippen molar-refractivity contribution in [1.82, 2.24) is 0 Å². The molecule has 0 spiro atoms. The molecule has 0 aliphatic heterocycles. The van der Waals surface area contributed by atoms with Crippen LogP contribution in [0.1, 0.15) is 40.5 Å². The van der Waals surface area contributed by atoms with Crippen LogP contribution in [0.5, 0.6) is 0 Å². The third-order valence-electron chi connectivity index (χ3n) is 2.95. The minimum absolute atomic E-state index is 0.103. The first-order chi connectivity index (χ1) is 8.32. The normalized spacial score (nSPS) is 12.4. The minimum Gasteiger partial charge on any atom is -0.379 e. The summed E-state index contributed by atoms with van der Waals surface area (Å²) in [5.41, 5.74) is 0.603. The summed E-state index contributed by atoms with van der Waals surface area (Å²) in [4.78, 5) is 0.400. The number of hydrogen-bond acceptors (Lipinski definition) is 3. The summed E-state index contributed by atoms with van der Waals surface area (Å²) in [6.07, 6.45) is 2.05. The van der Waals surface area contributed by atoms with Crippen molar-refractivity contribution in [2.24, 2.45) is 0 Å². The van der Waals surface area contributed by atoms with Crippen LogP contribution in [0.2, 0.25) is 0 Å². The Hall–Kier alpha value is -1.03. The van der Waals surface area contributed by atoms with E-state index in [0.717, 1.165) is 12.8 Å². The van der Waals surface area contributed by atoms with Crippen LogP contribution in [0.3, 0.4) is 0 Å². The Morgan fingerprint density at radius 1 is 1.17 bits per heavy atom. The first-order valence-electron chi connectivity index (χ1n) is 6.42. The maximum atomic E-state index is 12.0. The molecule has 102 valence electrons. The molecule has 18 heavy (non-hydrogen) atoms. The van der Waals surface area contributed by atoms with Gasteiger partial charge in [-0.2, -0.15) is 0 Å². The van der Waals surface area contributed by atoms with Crippen molar-refractivity contribution in [3.05, 3.63) is 24.3 Å². The quantitative estimate of drug-likeness (QED) is 0.860. The maximum Gasteiger partial charge on any atom is 0.180 e. The Morgan fingerprint density at radius 3 is 2.33 bits per heavy atom. The fourth-order valence-corrected chi connectivity index (χ4v) is 3.10. The molecule has 0 bridgehead atoms. The fraction of sp³-hybridized carbons (Fsp3) is 0.571. The van der Waals surface area contributed by atoms with E-state index in [1.54, 1.807) is 19.1 Å². The van der Waals surface area contributed by atoms with Gasteiger partial charge in [0.2, 0.25) is 0 Å². The van der Waals surface area contributed by atoms with Crippen molar-refractivity contribution >= 4 is 15.5 Å². The molecule has 0 saturated carbocycles. The zero-order chi connectivity index (χ0) is 13.8. The van der Waals surface area contributed by atoms with Crippen LogP contribution in [0, 0.1) is 0 Å². The standard InChI is InChI=1S/C14H23NO2S/c1-5-11-14(3,4)15-12-9-7-8-10-13(12)18(16,17)6-2/h7-10,15H,5-6,11H2,1-4H3. The molecule has 0 fully saturated rings.